The van der Waals surface area contributed by atoms with Gasteiger partial charge in [0.1, 0.15) is 17.0 Å². The van der Waals surface area contributed by atoms with Gasteiger partial charge in [0.2, 0.25) is 0 Å². The zero-order valence-corrected chi connectivity index (χ0v) is 18.8. The maximum atomic E-state index is 12.3. The molecule has 1 fully saturated rings. The van der Waals surface area contributed by atoms with E-state index in [1.165, 1.54) is 15.3 Å². The molecule has 3 aromatic rings. The van der Waals surface area contributed by atoms with Crippen molar-refractivity contribution in [3.05, 3.63) is 42.7 Å². The van der Waals surface area contributed by atoms with Crippen LogP contribution in [0.15, 0.2) is 42.7 Å². The number of benzene rings is 1. The summed E-state index contributed by atoms with van der Waals surface area (Å²) >= 11 is 1.71. The molecule has 0 radical (unpaired) electrons. The van der Waals surface area contributed by atoms with Gasteiger partial charge in [0.15, 0.2) is 6.54 Å². The molecule has 158 valence electrons. The smallest absolute Gasteiger partial charge is 0.275 e. The SMILES string of the molecule is CC(C)(C)NC(=O)C[NH+]1CCCN(c2ncnc3sc(-c4ccccc4)cc23)CC1. The maximum Gasteiger partial charge on any atom is 0.275 e. The molecule has 0 aliphatic carbocycles. The number of nitrogens with zero attached hydrogens (tertiary/aromatic N) is 3. The Bertz CT molecular complexity index is 1010. The van der Waals surface area contributed by atoms with Crippen LogP contribution in [0.5, 0.6) is 0 Å². The van der Waals surface area contributed by atoms with Crippen molar-refractivity contribution in [3.63, 3.8) is 0 Å². The molecule has 0 spiro atoms. The third-order valence-electron chi connectivity index (χ3n) is 5.28. The number of carbonyl (C=O) groups is 1. The summed E-state index contributed by atoms with van der Waals surface area (Å²) in [4.78, 5) is 27.4. The number of thiophene rings is 1. The molecule has 4 rings (SSSR count). The van der Waals surface area contributed by atoms with E-state index in [4.69, 9.17) is 0 Å². The van der Waals surface area contributed by atoms with E-state index in [-0.39, 0.29) is 11.4 Å². The second kappa shape index (κ2) is 8.70. The fraction of sp³-hybridized carbons (Fsp3) is 0.435. The number of anilines is 1. The second-order valence-corrected chi connectivity index (χ2v) is 9.99. The Labute approximate surface area is 181 Å². The van der Waals surface area contributed by atoms with Crippen molar-refractivity contribution in [1.29, 1.82) is 0 Å². The topological polar surface area (TPSA) is 62.6 Å². The Hall–Kier alpha value is -2.51. The van der Waals surface area contributed by atoms with Gasteiger partial charge in [0, 0.05) is 23.4 Å². The maximum absolute atomic E-state index is 12.3. The summed E-state index contributed by atoms with van der Waals surface area (Å²) in [5, 5.41) is 4.20. The minimum Gasteiger partial charge on any atom is -0.350 e. The highest BCUT2D eigenvalue weighted by Gasteiger charge is 2.24. The first kappa shape index (κ1) is 20.8. The number of hydrogen-bond donors (Lipinski definition) is 2. The second-order valence-electron chi connectivity index (χ2n) is 8.96. The highest BCUT2D eigenvalue weighted by molar-refractivity contribution is 7.21. The van der Waals surface area contributed by atoms with E-state index in [1.807, 2.05) is 26.8 Å². The Kier molecular flexibility index (Phi) is 6.01. The molecular weight excluding hydrogens is 394 g/mol. The van der Waals surface area contributed by atoms with E-state index in [2.05, 4.69) is 50.5 Å². The van der Waals surface area contributed by atoms with Crippen LogP contribution in [-0.2, 0) is 4.79 Å². The quantitative estimate of drug-likeness (QED) is 0.675. The average molecular weight is 425 g/mol. The summed E-state index contributed by atoms with van der Waals surface area (Å²) in [5.74, 6) is 1.14. The highest BCUT2D eigenvalue weighted by atomic mass is 32.1. The van der Waals surface area contributed by atoms with Crippen molar-refractivity contribution in [1.82, 2.24) is 15.3 Å². The van der Waals surface area contributed by atoms with Crippen molar-refractivity contribution in [2.45, 2.75) is 32.7 Å². The van der Waals surface area contributed by atoms with Crippen molar-refractivity contribution in [2.75, 3.05) is 37.6 Å². The van der Waals surface area contributed by atoms with E-state index >= 15 is 0 Å². The van der Waals surface area contributed by atoms with E-state index < -0.39 is 0 Å². The van der Waals surface area contributed by atoms with E-state index in [0.29, 0.717) is 6.54 Å². The van der Waals surface area contributed by atoms with Crippen molar-refractivity contribution >= 4 is 33.3 Å². The number of carbonyl (C=O) groups excluding carboxylic acids is 1. The van der Waals surface area contributed by atoms with Crippen LogP contribution >= 0.6 is 11.3 Å². The van der Waals surface area contributed by atoms with Crippen LogP contribution in [0.2, 0.25) is 0 Å². The lowest BCUT2D eigenvalue weighted by Crippen LogP contribution is -3.13. The summed E-state index contributed by atoms with van der Waals surface area (Å²) < 4.78 is 0. The molecule has 1 aliphatic rings. The van der Waals surface area contributed by atoms with Gasteiger partial charge in [-0.1, -0.05) is 30.3 Å². The minimum atomic E-state index is -0.184. The minimum absolute atomic E-state index is 0.126. The number of hydrogen-bond acceptors (Lipinski definition) is 5. The molecule has 1 saturated heterocycles. The average Bonchev–Trinajstić information content (AvgIpc) is 3.01. The summed E-state index contributed by atoms with van der Waals surface area (Å²) in [6.07, 6.45) is 2.72. The largest absolute Gasteiger partial charge is 0.350 e. The standard InChI is InChI=1S/C23H29N5OS/c1-23(2,3)26-20(29)15-27-10-7-11-28(13-12-27)21-18-14-19(17-8-5-4-6-9-17)30-22(18)25-16-24-21/h4-6,8-9,14,16H,7,10-13,15H2,1-3H3,(H,26,29)/p+1. The van der Waals surface area contributed by atoms with Gasteiger partial charge in [0.25, 0.3) is 5.91 Å². The number of nitrogens with one attached hydrogen (secondary N) is 2. The molecule has 2 aromatic heterocycles. The first-order valence-corrected chi connectivity index (χ1v) is 11.4. The van der Waals surface area contributed by atoms with Gasteiger partial charge >= 0.3 is 0 Å². The zero-order valence-electron chi connectivity index (χ0n) is 17.9. The van der Waals surface area contributed by atoms with Crippen LogP contribution in [0.3, 0.4) is 0 Å². The third-order valence-corrected chi connectivity index (χ3v) is 6.38. The van der Waals surface area contributed by atoms with Gasteiger partial charge in [-0.05, 0) is 32.4 Å². The van der Waals surface area contributed by atoms with E-state index in [1.54, 1.807) is 17.7 Å². The molecule has 6 nitrogen and oxygen atoms in total. The van der Waals surface area contributed by atoms with E-state index in [0.717, 1.165) is 48.6 Å². The van der Waals surface area contributed by atoms with Crippen LogP contribution in [-0.4, -0.2) is 54.1 Å². The summed E-state index contributed by atoms with van der Waals surface area (Å²) in [5.41, 5.74) is 1.03. The molecular formula is C23H30N5OS+. The van der Waals surface area contributed by atoms with Crippen molar-refractivity contribution < 1.29 is 9.69 Å². The number of amides is 1. The Morgan fingerprint density at radius 2 is 1.97 bits per heavy atom. The fourth-order valence-corrected chi connectivity index (χ4v) is 4.97. The molecule has 2 N–H and O–H groups in total. The molecule has 0 bridgehead atoms. The van der Waals surface area contributed by atoms with Crippen LogP contribution in [0.1, 0.15) is 27.2 Å². The third kappa shape index (κ3) is 4.96. The molecule has 30 heavy (non-hydrogen) atoms. The van der Waals surface area contributed by atoms with Gasteiger partial charge < -0.3 is 15.1 Å². The summed E-state index contributed by atoms with van der Waals surface area (Å²) in [7, 11) is 0. The lowest BCUT2D eigenvalue weighted by Gasteiger charge is -2.23. The lowest BCUT2D eigenvalue weighted by molar-refractivity contribution is -0.889. The Morgan fingerprint density at radius 1 is 1.17 bits per heavy atom. The number of fused-ring (bicyclic) bond motifs is 1. The summed E-state index contributed by atoms with van der Waals surface area (Å²) in [6, 6.07) is 12.6. The van der Waals surface area contributed by atoms with Crippen molar-refractivity contribution in [3.8, 4) is 10.4 Å². The van der Waals surface area contributed by atoms with Crippen LogP contribution in [0.25, 0.3) is 20.7 Å². The molecule has 7 heteroatoms. The molecule has 0 saturated carbocycles. The lowest BCUT2D eigenvalue weighted by atomic mass is 10.1. The number of rotatable bonds is 4. The molecule has 1 atom stereocenters. The van der Waals surface area contributed by atoms with Crippen LogP contribution in [0, 0.1) is 0 Å². The normalized spacial score (nSPS) is 17.7. The van der Waals surface area contributed by atoms with E-state index in [9.17, 15) is 4.79 Å². The molecule has 1 unspecified atom stereocenters. The Balaban J connectivity index is 1.49. The number of aromatic nitrogens is 2. The monoisotopic (exact) mass is 424 g/mol. The predicted molar refractivity (Wildman–Crippen MR) is 123 cm³/mol. The molecule has 3 heterocycles. The first-order valence-electron chi connectivity index (χ1n) is 10.6. The number of quaternary nitrogens is 1. The first-order chi connectivity index (χ1) is 14.4. The molecule has 1 aliphatic heterocycles. The summed E-state index contributed by atoms with van der Waals surface area (Å²) in [6.45, 7) is 10.4. The fourth-order valence-electron chi connectivity index (χ4n) is 3.97. The van der Waals surface area contributed by atoms with Crippen LogP contribution in [0.4, 0.5) is 5.82 Å². The zero-order chi connectivity index (χ0) is 21.1. The highest BCUT2D eigenvalue weighted by Crippen LogP contribution is 2.36. The van der Waals surface area contributed by atoms with Gasteiger partial charge in [-0.3, -0.25) is 4.79 Å². The predicted octanol–water partition coefficient (Wildman–Crippen LogP) is 2.37. The van der Waals surface area contributed by atoms with Gasteiger partial charge in [0.05, 0.1) is 25.0 Å². The van der Waals surface area contributed by atoms with Gasteiger partial charge in [-0.15, -0.1) is 11.3 Å². The van der Waals surface area contributed by atoms with Gasteiger partial charge in [-0.25, -0.2) is 9.97 Å². The molecule has 1 aromatic carbocycles. The van der Waals surface area contributed by atoms with Gasteiger partial charge in [-0.2, -0.15) is 0 Å². The van der Waals surface area contributed by atoms with Crippen LogP contribution < -0.4 is 15.1 Å². The molecule has 1 amide bonds. The van der Waals surface area contributed by atoms with Crippen molar-refractivity contribution in [2.24, 2.45) is 0 Å². The Morgan fingerprint density at radius 3 is 2.73 bits per heavy atom.